The van der Waals surface area contributed by atoms with E-state index in [1.54, 1.807) is 11.3 Å². The Bertz CT molecular complexity index is 569. The van der Waals surface area contributed by atoms with E-state index in [9.17, 15) is 0 Å². The Morgan fingerprint density at radius 3 is 2.90 bits per heavy atom. The smallest absolute Gasteiger partial charge is 0.122 e. The van der Waals surface area contributed by atoms with Crippen LogP contribution in [0.2, 0.25) is 0 Å². The van der Waals surface area contributed by atoms with Crippen LogP contribution < -0.4 is 10.5 Å². The fourth-order valence-corrected chi connectivity index (χ4v) is 3.19. The predicted molar refractivity (Wildman–Crippen MR) is 87.5 cm³/mol. The third kappa shape index (κ3) is 4.30. The van der Waals surface area contributed by atoms with E-state index in [1.807, 2.05) is 31.5 Å². The summed E-state index contributed by atoms with van der Waals surface area (Å²) in [5.41, 5.74) is 10.0. The highest BCUT2D eigenvalue weighted by atomic mass is 79.9. The number of rotatable bonds is 6. The highest BCUT2D eigenvalue weighted by Gasteiger charge is 2.08. The fourth-order valence-electron chi connectivity index (χ4n) is 2.02. The Hall–Kier alpha value is -0.910. The highest BCUT2D eigenvalue weighted by molar-refractivity contribution is 9.10. The third-order valence-corrected chi connectivity index (χ3v) is 4.48. The zero-order chi connectivity index (χ0) is 14.5. The molecule has 0 spiro atoms. The molecule has 1 heterocycles. The largest absolute Gasteiger partial charge is 0.493 e. The number of nitrogens with two attached hydrogens (primary N) is 1. The molecule has 0 radical (unpaired) electrons. The lowest BCUT2D eigenvalue weighted by Crippen LogP contribution is -2.18. The molecular weight excluding hydrogens is 336 g/mol. The molecule has 0 amide bonds. The van der Waals surface area contributed by atoms with Crippen LogP contribution in [-0.4, -0.2) is 17.6 Å². The van der Waals surface area contributed by atoms with Crippen LogP contribution in [0.4, 0.5) is 0 Å². The molecular formula is C15H19BrN2OS. The van der Waals surface area contributed by atoms with Gasteiger partial charge in [0.25, 0.3) is 0 Å². The molecule has 1 aromatic carbocycles. The van der Waals surface area contributed by atoms with Crippen molar-refractivity contribution in [1.82, 2.24) is 4.98 Å². The van der Waals surface area contributed by atoms with E-state index < -0.39 is 0 Å². The zero-order valence-corrected chi connectivity index (χ0v) is 14.1. The average molecular weight is 355 g/mol. The lowest BCUT2D eigenvalue weighted by Gasteiger charge is -2.13. The van der Waals surface area contributed by atoms with Gasteiger partial charge in [0, 0.05) is 21.8 Å². The van der Waals surface area contributed by atoms with Crippen LogP contribution in [0.1, 0.15) is 23.1 Å². The quantitative estimate of drug-likeness (QED) is 0.859. The van der Waals surface area contributed by atoms with Crippen molar-refractivity contribution in [1.29, 1.82) is 0 Å². The summed E-state index contributed by atoms with van der Waals surface area (Å²) in [4.78, 5) is 5.54. The van der Waals surface area contributed by atoms with Gasteiger partial charge < -0.3 is 10.5 Å². The molecule has 1 unspecified atom stereocenters. The summed E-state index contributed by atoms with van der Waals surface area (Å²) in [7, 11) is 0. The van der Waals surface area contributed by atoms with Gasteiger partial charge in [0.05, 0.1) is 17.8 Å². The van der Waals surface area contributed by atoms with Crippen LogP contribution in [-0.2, 0) is 12.8 Å². The Labute approximate surface area is 132 Å². The zero-order valence-electron chi connectivity index (χ0n) is 11.7. The molecule has 1 aromatic heterocycles. The Morgan fingerprint density at radius 1 is 1.45 bits per heavy atom. The highest BCUT2D eigenvalue weighted by Crippen LogP contribution is 2.25. The van der Waals surface area contributed by atoms with Crippen molar-refractivity contribution in [3.8, 4) is 5.75 Å². The summed E-state index contributed by atoms with van der Waals surface area (Å²) in [6.45, 7) is 4.70. The van der Waals surface area contributed by atoms with Crippen LogP contribution in [0.25, 0.3) is 0 Å². The topological polar surface area (TPSA) is 48.1 Å². The molecule has 1 atom stereocenters. The SMILES string of the molecule is Cc1ncsc1CCOc1ccc(Br)cc1CC(C)N. The van der Waals surface area contributed by atoms with E-state index >= 15 is 0 Å². The summed E-state index contributed by atoms with van der Waals surface area (Å²) in [6, 6.07) is 6.20. The normalized spacial score (nSPS) is 12.4. The van der Waals surface area contributed by atoms with Crippen molar-refractivity contribution in [2.75, 3.05) is 6.61 Å². The molecule has 2 N–H and O–H groups in total. The first-order valence-electron chi connectivity index (χ1n) is 6.62. The van der Waals surface area contributed by atoms with Gasteiger partial charge in [-0.2, -0.15) is 0 Å². The number of nitrogens with zero attached hydrogens (tertiary/aromatic N) is 1. The van der Waals surface area contributed by atoms with Crippen molar-refractivity contribution in [3.05, 3.63) is 44.3 Å². The van der Waals surface area contributed by atoms with Gasteiger partial charge in [-0.15, -0.1) is 11.3 Å². The van der Waals surface area contributed by atoms with Gasteiger partial charge >= 0.3 is 0 Å². The minimum absolute atomic E-state index is 0.121. The summed E-state index contributed by atoms with van der Waals surface area (Å²) >= 11 is 5.18. The maximum absolute atomic E-state index is 5.92. The first-order chi connectivity index (χ1) is 9.56. The second kappa shape index (κ2) is 7.20. The molecule has 2 aromatic rings. The summed E-state index contributed by atoms with van der Waals surface area (Å²) < 4.78 is 6.98. The first kappa shape index (κ1) is 15.5. The second-order valence-electron chi connectivity index (χ2n) is 4.89. The third-order valence-electron chi connectivity index (χ3n) is 3.00. The standard InChI is InChI=1S/C15H19BrN2OS/c1-10(17)7-12-8-13(16)3-4-14(12)19-6-5-15-11(2)18-9-20-15/h3-4,8-10H,5-7,17H2,1-2H3. The van der Waals surface area contributed by atoms with Crippen molar-refractivity contribution in [3.63, 3.8) is 0 Å². The molecule has 0 aliphatic heterocycles. The molecule has 2 rings (SSSR count). The minimum Gasteiger partial charge on any atom is -0.493 e. The number of benzene rings is 1. The van der Waals surface area contributed by atoms with Crippen LogP contribution in [0.5, 0.6) is 5.75 Å². The van der Waals surface area contributed by atoms with Gasteiger partial charge in [0.1, 0.15) is 5.75 Å². The number of thiazole rings is 1. The molecule has 0 saturated carbocycles. The van der Waals surface area contributed by atoms with Gasteiger partial charge in [-0.25, -0.2) is 4.98 Å². The van der Waals surface area contributed by atoms with Gasteiger partial charge in [0.2, 0.25) is 0 Å². The number of halogens is 1. The number of hydrogen-bond donors (Lipinski definition) is 1. The average Bonchev–Trinajstić information content (AvgIpc) is 2.77. The molecule has 20 heavy (non-hydrogen) atoms. The maximum Gasteiger partial charge on any atom is 0.122 e. The first-order valence-corrected chi connectivity index (χ1v) is 8.29. The van der Waals surface area contributed by atoms with Crippen molar-refractivity contribution in [2.24, 2.45) is 5.73 Å². The predicted octanol–water partition coefficient (Wildman–Crippen LogP) is 3.73. The Balaban J connectivity index is 2.00. The monoisotopic (exact) mass is 354 g/mol. The summed E-state index contributed by atoms with van der Waals surface area (Å²) in [5.74, 6) is 0.924. The van der Waals surface area contributed by atoms with E-state index in [0.717, 1.165) is 34.3 Å². The van der Waals surface area contributed by atoms with E-state index in [1.165, 1.54) is 4.88 Å². The van der Waals surface area contributed by atoms with Crippen LogP contribution in [0.15, 0.2) is 28.2 Å². The van der Waals surface area contributed by atoms with E-state index in [-0.39, 0.29) is 6.04 Å². The number of aromatic nitrogens is 1. The van der Waals surface area contributed by atoms with Crippen LogP contribution in [0, 0.1) is 6.92 Å². The van der Waals surface area contributed by atoms with Gasteiger partial charge in [-0.05, 0) is 44.0 Å². The molecule has 0 aliphatic carbocycles. The Kier molecular flexibility index (Phi) is 5.57. The lowest BCUT2D eigenvalue weighted by molar-refractivity contribution is 0.318. The second-order valence-corrected chi connectivity index (χ2v) is 6.75. The van der Waals surface area contributed by atoms with E-state index in [0.29, 0.717) is 6.61 Å². The molecule has 0 bridgehead atoms. The molecule has 108 valence electrons. The van der Waals surface area contributed by atoms with Gasteiger partial charge in [0.15, 0.2) is 0 Å². The fraction of sp³-hybridized carbons (Fsp3) is 0.400. The Morgan fingerprint density at radius 2 is 2.25 bits per heavy atom. The number of aryl methyl sites for hydroxylation is 1. The van der Waals surface area contributed by atoms with E-state index in [2.05, 4.69) is 27.0 Å². The van der Waals surface area contributed by atoms with Crippen molar-refractivity contribution in [2.45, 2.75) is 32.7 Å². The molecule has 0 saturated heterocycles. The minimum atomic E-state index is 0.121. The lowest BCUT2D eigenvalue weighted by atomic mass is 10.1. The summed E-state index contributed by atoms with van der Waals surface area (Å²) in [5, 5.41) is 0. The van der Waals surface area contributed by atoms with Crippen LogP contribution >= 0.6 is 27.3 Å². The molecule has 0 aliphatic rings. The number of ether oxygens (including phenoxy) is 1. The van der Waals surface area contributed by atoms with Crippen LogP contribution in [0.3, 0.4) is 0 Å². The van der Waals surface area contributed by atoms with Crippen molar-refractivity contribution < 1.29 is 4.74 Å². The molecule has 5 heteroatoms. The molecule has 0 fully saturated rings. The van der Waals surface area contributed by atoms with Gasteiger partial charge in [-0.3, -0.25) is 0 Å². The number of hydrogen-bond acceptors (Lipinski definition) is 4. The maximum atomic E-state index is 5.92. The van der Waals surface area contributed by atoms with Gasteiger partial charge in [-0.1, -0.05) is 15.9 Å². The van der Waals surface area contributed by atoms with E-state index in [4.69, 9.17) is 10.5 Å². The molecule has 3 nitrogen and oxygen atoms in total. The summed E-state index contributed by atoms with van der Waals surface area (Å²) in [6.07, 6.45) is 1.71. The van der Waals surface area contributed by atoms with Crippen molar-refractivity contribution >= 4 is 27.3 Å².